The highest BCUT2D eigenvalue weighted by molar-refractivity contribution is 5.47. The molecule has 0 unspecified atom stereocenters. The number of morpholine rings is 1. The van der Waals surface area contributed by atoms with Crippen LogP contribution in [0.4, 0.5) is 10.1 Å². The number of benzene rings is 1. The lowest BCUT2D eigenvalue weighted by Crippen LogP contribution is -2.47. The molecule has 3 atom stereocenters. The molecular weight excluding hydrogens is 305 g/mol. The standard InChI is InChI=1S/C19H28FN3O/c1-14-11-23-12-16(10-17(23)13-24-14)21-15-6-8-22(9-7-15)19-5-3-2-4-18(19)20/h2-5,14-17,21H,6-13H2,1H3/t14-,16+,17-/m0/s1. The average Bonchev–Trinajstić information content (AvgIpc) is 2.97. The lowest BCUT2D eigenvalue weighted by Gasteiger charge is -2.35. The molecule has 0 amide bonds. The second-order valence-corrected chi connectivity index (χ2v) is 7.56. The summed E-state index contributed by atoms with van der Waals surface area (Å²) in [6.45, 7) is 7.11. The fourth-order valence-corrected chi connectivity index (χ4v) is 4.49. The van der Waals surface area contributed by atoms with Crippen molar-refractivity contribution in [1.29, 1.82) is 0 Å². The topological polar surface area (TPSA) is 27.7 Å². The molecule has 0 aliphatic carbocycles. The van der Waals surface area contributed by atoms with E-state index in [9.17, 15) is 4.39 Å². The van der Waals surface area contributed by atoms with E-state index in [1.807, 2.05) is 12.1 Å². The second kappa shape index (κ2) is 6.98. The smallest absolute Gasteiger partial charge is 0.146 e. The van der Waals surface area contributed by atoms with Crippen molar-refractivity contribution in [3.63, 3.8) is 0 Å². The van der Waals surface area contributed by atoms with Crippen LogP contribution in [0.3, 0.4) is 0 Å². The van der Waals surface area contributed by atoms with Crippen LogP contribution in [0.15, 0.2) is 24.3 Å². The first-order valence-corrected chi connectivity index (χ1v) is 9.30. The first kappa shape index (κ1) is 16.3. The number of hydrogen-bond acceptors (Lipinski definition) is 4. The molecule has 1 N–H and O–H groups in total. The number of rotatable bonds is 3. The monoisotopic (exact) mass is 333 g/mol. The van der Waals surface area contributed by atoms with Crippen LogP contribution in [0.25, 0.3) is 0 Å². The SMILES string of the molecule is C[C@H]1CN2C[C@H](NC3CCN(c4ccccc4F)CC3)C[C@H]2CO1. The van der Waals surface area contributed by atoms with E-state index in [0.717, 1.165) is 51.3 Å². The summed E-state index contributed by atoms with van der Waals surface area (Å²) >= 11 is 0. The van der Waals surface area contributed by atoms with Gasteiger partial charge in [-0.2, -0.15) is 0 Å². The third-order valence-electron chi connectivity index (χ3n) is 5.75. The average molecular weight is 333 g/mol. The predicted octanol–water partition coefficient (Wildman–Crippen LogP) is 2.25. The van der Waals surface area contributed by atoms with E-state index in [0.29, 0.717) is 24.2 Å². The number of anilines is 1. The molecule has 0 spiro atoms. The van der Waals surface area contributed by atoms with Gasteiger partial charge in [-0.15, -0.1) is 0 Å². The highest BCUT2D eigenvalue weighted by Gasteiger charge is 2.37. The van der Waals surface area contributed by atoms with Gasteiger partial charge in [-0.05, 0) is 38.3 Å². The maximum Gasteiger partial charge on any atom is 0.146 e. The molecule has 4 nitrogen and oxygen atoms in total. The molecule has 0 radical (unpaired) electrons. The van der Waals surface area contributed by atoms with E-state index >= 15 is 0 Å². The van der Waals surface area contributed by atoms with Crippen molar-refractivity contribution in [2.75, 3.05) is 37.7 Å². The van der Waals surface area contributed by atoms with Crippen molar-refractivity contribution in [2.45, 2.75) is 50.4 Å². The summed E-state index contributed by atoms with van der Waals surface area (Å²) in [5.74, 6) is -0.106. The Balaban J connectivity index is 1.27. The maximum absolute atomic E-state index is 13.9. The summed E-state index contributed by atoms with van der Waals surface area (Å²) < 4.78 is 19.7. The van der Waals surface area contributed by atoms with Gasteiger partial charge in [0.25, 0.3) is 0 Å². The zero-order valence-electron chi connectivity index (χ0n) is 14.5. The Hall–Kier alpha value is -1.17. The summed E-state index contributed by atoms with van der Waals surface area (Å²) in [6.07, 6.45) is 3.73. The van der Waals surface area contributed by atoms with E-state index in [1.54, 1.807) is 12.1 Å². The number of nitrogens with one attached hydrogen (secondary N) is 1. The molecule has 3 saturated heterocycles. The molecule has 0 saturated carbocycles. The van der Waals surface area contributed by atoms with Gasteiger partial charge >= 0.3 is 0 Å². The van der Waals surface area contributed by atoms with Crippen molar-refractivity contribution in [3.05, 3.63) is 30.1 Å². The lowest BCUT2D eigenvalue weighted by molar-refractivity contribution is -0.0390. The van der Waals surface area contributed by atoms with Crippen molar-refractivity contribution in [3.8, 4) is 0 Å². The number of ether oxygens (including phenoxy) is 1. The number of piperidine rings is 1. The van der Waals surface area contributed by atoms with Gasteiger partial charge in [-0.1, -0.05) is 12.1 Å². The summed E-state index contributed by atoms with van der Waals surface area (Å²) in [4.78, 5) is 4.77. The van der Waals surface area contributed by atoms with E-state index in [2.05, 4.69) is 22.0 Å². The van der Waals surface area contributed by atoms with Crippen molar-refractivity contribution in [2.24, 2.45) is 0 Å². The van der Waals surface area contributed by atoms with Crippen LogP contribution >= 0.6 is 0 Å². The Morgan fingerprint density at radius 3 is 2.71 bits per heavy atom. The highest BCUT2D eigenvalue weighted by atomic mass is 19.1. The Labute approximate surface area is 144 Å². The molecule has 3 aliphatic rings. The van der Waals surface area contributed by atoms with Gasteiger partial charge in [-0.25, -0.2) is 4.39 Å². The predicted molar refractivity (Wildman–Crippen MR) is 94.0 cm³/mol. The Kier molecular flexibility index (Phi) is 4.74. The van der Waals surface area contributed by atoms with Crippen LogP contribution in [0.1, 0.15) is 26.2 Å². The van der Waals surface area contributed by atoms with Crippen LogP contribution in [0.5, 0.6) is 0 Å². The molecule has 1 aromatic rings. The molecule has 0 bridgehead atoms. The Morgan fingerprint density at radius 1 is 1.12 bits per heavy atom. The number of para-hydroxylation sites is 1. The highest BCUT2D eigenvalue weighted by Crippen LogP contribution is 2.26. The van der Waals surface area contributed by atoms with Crippen molar-refractivity contribution in [1.82, 2.24) is 10.2 Å². The van der Waals surface area contributed by atoms with Crippen LogP contribution < -0.4 is 10.2 Å². The number of halogens is 1. The molecule has 132 valence electrons. The summed E-state index contributed by atoms with van der Waals surface area (Å²) in [5.41, 5.74) is 0.750. The van der Waals surface area contributed by atoms with Crippen molar-refractivity contribution < 1.29 is 9.13 Å². The molecule has 1 aromatic carbocycles. The van der Waals surface area contributed by atoms with Gasteiger partial charge in [0, 0.05) is 44.3 Å². The minimum Gasteiger partial charge on any atom is -0.376 e. The molecule has 3 fully saturated rings. The first-order chi connectivity index (χ1) is 11.7. The normalized spacial score (nSPS) is 32.1. The second-order valence-electron chi connectivity index (χ2n) is 7.56. The van der Waals surface area contributed by atoms with E-state index in [1.165, 1.54) is 6.42 Å². The van der Waals surface area contributed by atoms with Crippen molar-refractivity contribution >= 4 is 5.69 Å². The van der Waals surface area contributed by atoms with Gasteiger partial charge in [0.1, 0.15) is 5.82 Å². The Morgan fingerprint density at radius 2 is 1.92 bits per heavy atom. The van der Waals surface area contributed by atoms with Gasteiger partial charge < -0.3 is 15.0 Å². The fourth-order valence-electron chi connectivity index (χ4n) is 4.49. The largest absolute Gasteiger partial charge is 0.376 e. The quantitative estimate of drug-likeness (QED) is 0.918. The molecule has 3 aliphatic heterocycles. The third kappa shape index (κ3) is 3.44. The molecular formula is C19H28FN3O. The molecule has 0 aromatic heterocycles. The van der Waals surface area contributed by atoms with Gasteiger partial charge in [0.2, 0.25) is 0 Å². The van der Waals surface area contributed by atoms with E-state index in [4.69, 9.17) is 4.74 Å². The first-order valence-electron chi connectivity index (χ1n) is 9.30. The van der Waals surface area contributed by atoms with Gasteiger partial charge in [0.05, 0.1) is 18.4 Å². The van der Waals surface area contributed by atoms with Gasteiger partial charge in [-0.3, -0.25) is 4.90 Å². The van der Waals surface area contributed by atoms with E-state index in [-0.39, 0.29) is 5.82 Å². The lowest BCUT2D eigenvalue weighted by atomic mass is 10.0. The van der Waals surface area contributed by atoms with Crippen LogP contribution in [0, 0.1) is 5.82 Å². The minimum absolute atomic E-state index is 0.106. The zero-order chi connectivity index (χ0) is 16.5. The summed E-state index contributed by atoms with van der Waals surface area (Å²) in [5, 5.41) is 3.86. The fraction of sp³-hybridized carbons (Fsp3) is 0.684. The third-order valence-corrected chi connectivity index (χ3v) is 5.75. The number of fused-ring (bicyclic) bond motifs is 1. The number of nitrogens with zero attached hydrogens (tertiary/aromatic N) is 2. The molecule has 3 heterocycles. The maximum atomic E-state index is 13.9. The molecule has 4 rings (SSSR count). The summed E-state index contributed by atoms with van der Waals surface area (Å²) in [6, 6.07) is 8.84. The summed E-state index contributed by atoms with van der Waals surface area (Å²) in [7, 11) is 0. The number of hydrogen-bond donors (Lipinski definition) is 1. The zero-order valence-corrected chi connectivity index (χ0v) is 14.5. The molecule has 5 heteroatoms. The Bertz CT molecular complexity index is 561. The van der Waals surface area contributed by atoms with Crippen LogP contribution in [-0.2, 0) is 4.74 Å². The van der Waals surface area contributed by atoms with Crippen LogP contribution in [-0.4, -0.2) is 61.9 Å². The van der Waals surface area contributed by atoms with Gasteiger partial charge in [0.15, 0.2) is 0 Å². The van der Waals surface area contributed by atoms with Crippen LogP contribution in [0.2, 0.25) is 0 Å². The minimum atomic E-state index is -0.106. The van der Waals surface area contributed by atoms with E-state index < -0.39 is 0 Å². The molecule has 24 heavy (non-hydrogen) atoms.